The average Bonchev–Trinajstić information content (AvgIpc) is 3.04. The first-order valence-corrected chi connectivity index (χ1v) is 9.98. The molecule has 0 saturated carbocycles. The van der Waals surface area contributed by atoms with Crippen LogP contribution in [0.2, 0.25) is 5.02 Å². The lowest BCUT2D eigenvalue weighted by atomic mass is 10.2. The van der Waals surface area contributed by atoms with Gasteiger partial charge in [-0.2, -0.15) is 8.42 Å². The molecule has 0 spiro atoms. The quantitative estimate of drug-likeness (QED) is 0.418. The molecule has 0 N–H and O–H groups in total. The average molecular weight is 418 g/mol. The van der Waals surface area contributed by atoms with Crippen LogP contribution < -0.4 is 4.18 Å². The van der Waals surface area contributed by atoms with Crippen molar-refractivity contribution in [3.05, 3.63) is 77.1 Å². The van der Waals surface area contributed by atoms with E-state index in [1.54, 1.807) is 18.2 Å². The van der Waals surface area contributed by atoms with Gasteiger partial charge in [0, 0.05) is 11.1 Å². The first kappa shape index (κ1) is 18.5. The summed E-state index contributed by atoms with van der Waals surface area (Å²) >= 11 is 6.02. The second-order valence-electron chi connectivity index (χ2n) is 6.12. The summed E-state index contributed by atoms with van der Waals surface area (Å²) in [6.07, 6.45) is 0. The van der Waals surface area contributed by atoms with Crippen molar-refractivity contribution in [2.45, 2.75) is 11.8 Å². The highest BCUT2D eigenvalue weighted by Crippen LogP contribution is 2.35. The number of rotatable bonds is 4. The van der Waals surface area contributed by atoms with Crippen LogP contribution in [0.15, 0.2) is 70.0 Å². The molecular weight excluding hydrogens is 405 g/mol. The highest BCUT2D eigenvalue weighted by Gasteiger charge is 2.22. The molecule has 0 saturated heterocycles. The standard InChI is InChI=1S/C20H13ClFNO4S/c1-12-2-9-18-17(10-12)23-20(26-18)16-8-3-13(21)11-19(16)27-28(24,25)15-6-4-14(22)5-7-15/h2-11H,1H3. The van der Waals surface area contributed by atoms with Gasteiger partial charge in [-0.05, 0) is 61.0 Å². The number of fused-ring (bicyclic) bond motifs is 1. The van der Waals surface area contributed by atoms with Crippen LogP contribution in [0.4, 0.5) is 4.39 Å². The molecule has 0 atom stereocenters. The molecule has 1 aromatic heterocycles. The van der Waals surface area contributed by atoms with Crippen LogP contribution in [0.25, 0.3) is 22.6 Å². The second-order valence-corrected chi connectivity index (χ2v) is 8.10. The lowest BCUT2D eigenvalue weighted by molar-refractivity contribution is 0.485. The second kappa shape index (κ2) is 6.92. The number of aryl methyl sites for hydroxylation is 1. The van der Waals surface area contributed by atoms with E-state index in [0.717, 1.165) is 29.8 Å². The Kier molecular flexibility index (Phi) is 4.56. The van der Waals surface area contributed by atoms with Gasteiger partial charge >= 0.3 is 10.1 Å². The zero-order valence-electron chi connectivity index (χ0n) is 14.5. The van der Waals surface area contributed by atoms with Crippen molar-refractivity contribution in [2.75, 3.05) is 0 Å². The van der Waals surface area contributed by atoms with E-state index in [1.165, 1.54) is 6.07 Å². The molecule has 4 aromatic rings. The van der Waals surface area contributed by atoms with E-state index in [-0.39, 0.29) is 21.6 Å². The SMILES string of the molecule is Cc1ccc2oc(-c3ccc(Cl)cc3OS(=O)(=O)c3ccc(F)cc3)nc2c1. The van der Waals surface area contributed by atoms with Gasteiger partial charge < -0.3 is 8.60 Å². The van der Waals surface area contributed by atoms with Gasteiger partial charge in [-0.3, -0.25) is 0 Å². The van der Waals surface area contributed by atoms with Crippen LogP contribution in [0.5, 0.6) is 5.75 Å². The molecule has 5 nitrogen and oxygen atoms in total. The number of halogens is 2. The number of hydrogen-bond donors (Lipinski definition) is 0. The van der Waals surface area contributed by atoms with E-state index in [1.807, 2.05) is 19.1 Å². The molecule has 3 aromatic carbocycles. The van der Waals surface area contributed by atoms with Crippen molar-refractivity contribution in [2.24, 2.45) is 0 Å². The van der Waals surface area contributed by atoms with Crippen molar-refractivity contribution in [1.82, 2.24) is 4.98 Å². The molecule has 0 aliphatic carbocycles. The molecule has 0 aliphatic rings. The van der Waals surface area contributed by atoms with E-state index >= 15 is 0 Å². The largest absolute Gasteiger partial charge is 0.436 e. The van der Waals surface area contributed by atoms with Crippen molar-refractivity contribution < 1.29 is 21.4 Å². The number of nitrogens with zero attached hydrogens (tertiary/aromatic N) is 1. The summed E-state index contributed by atoms with van der Waals surface area (Å²) in [5, 5.41) is 0.278. The van der Waals surface area contributed by atoms with Crippen molar-refractivity contribution in [1.29, 1.82) is 0 Å². The highest BCUT2D eigenvalue weighted by atomic mass is 35.5. The molecule has 0 unspecified atom stereocenters. The lowest BCUT2D eigenvalue weighted by Gasteiger charge is -2.10. The molecule has 0 radical (unpaired) electrons. The maximum absolute atomic E-state index is 13.1. The number of oxazole rings is 1. The van der Waals surface area contributed by atoms with Crippen LogP contribution >= 0.6 is 11.6 Å². The van der Waals surface area contributed by atoms with Gasteiger partial charge in [0.1, 0.15) is 16.2 Å². The molecule has 0 aliphatic heterocycles. The zero-order valence-corrected chi connectivity index (χ0v) is 16.1. The summed E-state index contributed by atoms with van der Waals surface area (Å²) < 4.78 is 49.3. The van der Waals surface area contributed by atoms with Gasteiger partial charge in [-0.1, -0.05) is 17.7 Å². The molecule has 8 heteroatoms. The summed E-state index contributed by atoms with van der Waals surface area (Å²) in [4.78, 5) is 4.23. The number of hydrogen-bond acceptors (Lipinski definition) is 5. The van der Waals surface area contributed by atoms with Gasteiger partial charge in [0.25, 0.3) is 0 Å². The van der Waals surface area contributed by atoms with E-state index < -0.39 is 15.9 Å². The van der Waals surface area contributed by atoms with Crippen molar-refractivity contribution in [3.63, 3.8) is 0 Å². The Morgan fingerprint density at radius 1 is 1.04 bits per heavy atom. The first-order valence-electron chi connectivity index (χ1n) is 8.19. The molecule has 1 heterocycles. The minimum atomic E-state index is -4.21. The van der Waals surface area contributed by atoms with Crippen molar-refractivity contribution in [3.8, 4) is 17.2 Å². The van der Waals surface area contributed by atoms with Gasteiger partial charge in [-0.25, -0.2) is 9.37 Å². The Bertz CT molecular complexity index is 1280. The fraction of sp³-hybridized carbons (Fsp3) is 0.0500. The molecular formula is C20H13ClFNO4S. The van der Waals surface area contributed by atoms with Gasteiger partial charge in [0.05, 0.1) is 5.56 Å². The lowest BCUT2D eigenvalue weighted by Crippen LogP contribution is -2.10. The Hall–Kier alpha value is -2.90. The summed E-state index contributed by atoms with van der Waals surface area (Å²) in [6.45, 7) is 1.93. The Morgan fingerprint density at radius 2 is 1.79 bits per heavy atom. The van der Waals surface area contributed by atoms with E-state index in [9.17, 15) is 12.8 Å². The normalized spacial score (nSPS) is 11.7. The minimum absolute atomic E-state index is 0.0416. The van der Waals surface area contributed by atoms with Gasteiger partial charge in [-0.15, -0.1) is 0 Å². The molecule has 4 rings (SSSR count). The van der Waals surface area contributed by atoms with Crippen LogP contribution in [0, 0.1) is 12.7 Å². The van der Waals surface area contributed by atoms with Crippen LogP contribution in [0.3, 0.4) is 0 Å². The Balaban J connectivity index is 1.79. The third-order valence-electron chi connectivity index (χ3n) is 4.02. The summed E-state index contributed by atoms with van der Waals surface area (Å²) in [5.74, 6) is -0.397. The smallest absolute Gasteiger partial charge is 0.339 e. The first-order chi connectivity index (χ1) is 13.3. The zero-order chi connectivity index (χ0) is 19.9. The Morgan fingerprint density at radius 3 is 2.54 bits per heavy atom. The molecule has 0 amide bonds. The number of benzene rings is 3. The van der Waals surface area contributed by atoms with Crippen molar-refractivity contribution >= 4 is 32.8 Å². The molecule has 0 bridgehead atoms. The van der Waals surface area contributed by atoms with Crippen LogP contribution in [-0.4, -0.2) is 13.4 Å². The molecule has 142 valence electrons. The molecule has 0 fully saturated rings. The van der Waals surface area contributed by atoms with Gasteiger partial charge in [0.15, 0.2) is 11.3 Å². The van der Waals surface area contributed by atoms with E-state index in [2.05, 4.69) is 4.98 Å². The maximum atomic E-state index is 13.1. The topological polar surface area (TPSA) is 69.4 Å². The fourth-order valence-corrected chi connectivity index (χ4v) is 3.76. The van der Waals surface area contributed by atoms with Crippen LogP contribution in [0.1, 0.15) is 5.56 Å². The maximum Gasteiger partial charge on any atom is 0.339 e. The monoisotopic (exact) mass is 417 g/mol. The summed E-state index contributed by atoms with van der Waals surface area (Å²) in [7, 11) is -4.21. The summed E-state index contributed by atoms with van der Waals surface area (Å²) in [5.41, 5.74) is 2.53. The third kappa shape index (κ3) is 3.58. The van der Waals surface area contributed by atoms with E-state index in [0.29, 0.717) is 16.7 Å². The third-order valence-corrected chi connectivity index (χ3v) is 5.50. The Labute approximate surface area is 165 Å². The molecule has 28 heavy (non-hydrogen) atoms. The minimum Gasteiger partial charge on any atom is -0.436 e. The summed E-state index contributed by atoms with van der Waals surface area (Å²) in [6, 6.07) is 14.4. The highest BCUT2D eigenvalue weighted by molar-refractivity contribution is 7.87. The van der Waals surface area contributed by atoms with Crippen LogP contribution in [-0.2, 0) is 10.1 Å². The van der Waals surface area contributed by atoms with E-state index in [4.69, 9.17) is 20.2 Å². The predicted molar refractivity (Wildman–Crippen MR) is 103 cm³/mol. The predicted octanol–water partition coefficient (Wildman–Crippen LogP) is 5.36. The number of aromatic nitrogens is 1. The van der Waals surface area contributed by atoms with Gasteiger partial charge in [0.2, 0.25) is 5.89 Å². The fourth-order valence-electron chi connectivity index (χ4n) is 2.66.